The van der Waals surface area contributed by atoms with E-state index in [4.69, 9.17) is 5.73 Å². The molecule has 33 heavy (non-hydrogen) atoms. The first kappa shape index (κ1) is 20.9. The summed E-state index contributed by atoms with van der Waals surface area (Å²) >= 11 is 0. The van der Waals surface area contributed by atoms with Crippen molar-refractivity contribution in [2.75, 3.05) is 33.2 Å². The first-order chi connectivity index (χ1) is 16.0. The Kier molecular flexibility index (Phi) is 5.40. The second kappa shape index (κ2) is 8.52. The van der Waals surface area contributed by atoms with Gasteiger partial charge in [0.1, 0.15) is 5.65 Å². The third kappa shape index (κ3) is 4.10. The van der Waals surface area contributed by atoms with Crippen LogP contribution in [0.5, 0.6) is 0 Å². The molecule has 7 nitrogen and oxygen atoms in total. The maximum absolute atomic E-state index is 13.0. The zero-order valence-electron chi connectivity index (χ0n) is 18.4. The van der Waals surface area contributed by atoms with Crippen LogP contribution in [0.4, 0.5) is 0 Å². The van der Waals surface area contributed by atoms with Crippen LogP contribution in [0.2, 0.25) is 0 Å². The van der Waals surface area contributed by atoms with Gasteiger partial charge in [0.2, 0.25) is 5.91 Å². The molecule has 0 saturated carbocycles. The fourth-order valence-electron chi connectivity index (χ4n) is 4.24. The minimum Gasteiger partial charge on any atom is -0.366 e. The first-order valence-electron chi connectivity index (χ1n) is 11.0. The summed E-state index contributed by atoms with van der Waals surface area (Å²) in [4.78, 5) is 36.4. The van der Waals surface area contributed by atoms with E-state index in [2.05, 4.69) is 28.0 Å². The topological polar surface area (TPSA) is 95.3 Å². The number of aromatic nitrogens is 2. The molecule has 0 aliphatic carbocycles. The van der Waals surface area contributed by atoms with Gasteiger partial charge in [0, 0.05) is 66.2 Å². The molecule has 0 radical (unpaired) electrons. The van der Waals surface area contributed by atoms with Crippen molar-refractivity contribution in [3.63, 3.8) is 0 Å². The number of nitrogens with zero attached hydrogens (tertiary/aromatic N) is 3. The Bertz CT molecular complexity index is 1330. The van der Waals surface area contributed by atoms with Crippen molar-refractivity contribution in [3.8, 4) is 22.3 Å². The Morgan fingerprint density at radius 1 is 0.909 bits per heavy atom. The smallest absolute Gasteiger partial charge is 0.253 e. The number of hydrogen-bond donors (Lipinski definition) is 2. The van der Waals surface area contributed by atoms with E-state index in [0.717, 1.165) is 59.5 Å². The molecule has 0 atom stereocenters. The van der Waals surface area contributed by atoms with E-state index in [-0.39, 0.29) is 5.91 Å². The van der Waals surface area contributed by atoms with Crippen molar-refractivity contribution in [2.24, 2.45) is 5.73 Å². The van der Waals surface area contributed by atoms with Crippen LogP contribution in [0.1, 0.15) is 20.7 Å². The van der Waals surface area contributed by atoms with Gasteiger partial charge in [-0.3, -0.25) is 9.59 Å². The van der Waals surface area contributed by atoms with E-state index in [0.29, 0.717) is 11.1 Å². The van der Waals surface area contributed by atoms with Gasteiger partial charge in [-0.15, -0.1) is 0 Å². The number of hydrogen-bond acceptors (Lipinski definition) is 4. The van der Waals surface area contributed by atoms with Crippen LogP contribution in [0.25, 0.3) is 33.3 Å². The fourth-order valence-corrected chi connectivity index (χ4v) is 4.24. The number of aromatic amines is 1. The summed E-state index contributed by atoms with van der Waals surface area (Å²) < 4.78 is 0. The number of nitrogens with two attached hydrogens (primary N) is 1. The number of primary amides is 1. The Hall–Kier alpha value is -3.97. The largest absolute Gasteiger partial charge is 0.366 e. The Labute approximate surface area is 191 Å². The van der Waals surface area contributed by atoms with E-state index >= 15 is 0 Å². The number of fused-ring (bicyclic) bond motifs is 1. The van der Waals surface area contributed by atoms with Gasteiger partial charge in [0.15, 0.2) is 0 Å². The highest BCUT2D eigenvalue weighted by atomic mass is 16.2. The lowest BCUT2D eigenvalue weighted by atomic mass is 10.00. The number of piperazine rings is 1. The average Bonchev–Trinajstić information content (AvgIpc) is 3.27. The van der Waals surface area contributed by atoms with E-state index in [9.17, 15) is 9.59 Å². The monoisotopic (exact) mass is 439 g/mol. The van der Waals surface area contributed by atoms with Gasteiger partial charge in [-0.2, -0.15) is 0 Å². The molecule has 3 N–H and O–H groups in total. The minimum absolute atomic E-state index is 0.0656. The molecule has 2 aromatic carbocycles. The van der Waals surface area contributed by atoms with Gasteiger partial charge in [0.25, 0.3) is 5.91 Å². The van der Waals surface area contributed by atoms with Crippen molar-refractivity contribution in [1.29, 1.82) is 0 Å². The van der Waals surface area contributed by atoms with Crippen LogP contribution in [0.3, 0.4) is 0 Å². The molecular weight excluding hydrogens is 414 g/mol. The maximum atomic E-state index is 13.0. The molecule has 0 spiro atoms. The average molecular weight is 440 g/mol. The molecule has 3 heterocycles. The molecule has 5 rings (SSSR count). The molecule has 0 bridgehead atoms. The highest BCUT2D eigenvalue weighted by molar-refractivity contribution is 5.98. The number of amides is 2. The predicted molar refractivity (Wildman–Crippen MR) is 129 cm³/mol. The summed E-state index contributed by atoms with van der Waals surface area (Å²) in [5.74, 6) is -0.383. The number of carbonyl (C=O) groups is 2. The predicted octanol–water partition coefficient (Wildman–Crippen LogP) is 3.38. The second-order valence-electron chi connectivity index (χ2n) is 8.44. The summed E-state index contributed by atoms with van der Waals surface area (Å²) in [6, 6.07) is 17.0. The first-order valence-corrected chi connectivity index (χ1v) is 11.0. The van der Waals surface area contributed by atoms with Crippen LogP contribution in [0, 0.1) is 0 Å². The number of benzene rings is 2. The molecule has 2 aromatic heterocycles. The second-order valence-corrected chi connectivity index (χ2v) is 8.44. The van der Waals surface area contributed by atoms with Gasteiger partial charge in [0.05, 0.1) is 0 Å². The zero-order chi connectivity index (χ0) is 22.9. The quantitative estimate of drug-likeness (QED) is 0.510. The van der Waals surface area contributed by atoms with Crippen molar-refractivity contribution in [2.45, 2.75) is 0 Å². The number of pyridine rings is 1. The van der Waals surface area contributed by atoms with Crippen molar-refractivity contribution in [1.82, 2.24) is 19.8 Å². The molecule has 4 aromatic rings. The Morgan fingerprint density at radius 2 is 1.67 bits per heavy atom. The molecule has 0 unspecified atom stereocenters. The van der Waals surface area contributed by atoms with E-state index in [1.807, 2.05) is 53.7 Å². The van der Waals surface area contributed by atoms with Gasteiger partial charge < -0.3 is 20.5 Å². The van der Waals surface area contributed by atoms with Gasteiger partial charge in [-0.1, -0.05) is 24.3 Å². The van der Waals surface area contributed by atoms with E-state index < -0.39 is 5.91 Å². The third-order valence-corrected chi connectivity index (χ3v) is 6.24. The molecule has 7 heteroatoms. The number of nitrogens with one attached hydrogen (secondary N) is 1. The lowest BCUT2D eigenvalue weighted by molar-refractivity contribution is 0.0664. The Balaban J connectivity index is 1.47. The van der Waals surface area contributed by atoms with Crippen LogP contribution in [-0.2, 0) is 0 Å². The third-order valence-electron chi connectivity index (χ3n) is 6.24. The number of rotatable bonds is 4. The van der Waals surface area contributed by atoms with Crippen molar-refractivity contribution in [3.05, 3.63) is 78.1 Å². The Morgan fingerprint density at radius 3 is 2.39 bits per heavy atom. The van der Waals surface area contributed by atoms with Gasteiger partial charge >= 0.3 is 0 Å². The number of H-pyrrole nitrogens is 1. The molecule has 2 amide bonds. The normalized spacial score (nSPS) is 14.5. The summed E-state index contributed by atoms with van der Waals surface area (Å²) in [5.41, 5.74) is 11.1. The van der Waals surface area contributed by atoms with Crippen LogP contribution >= 0.6 is 0 Å². The zero-order valence-corrected chi connectivity index (χ0v) is 18.4. The highest BCUT2D eigenvalue weighted by Gasteiger charge is 2.20. The lowest BCUT2D eigenvalue weighted by Gasteiger charge is -2.32. The number of carbonyl (C=O) groups excluding carboxylic acids is 2. The minimum atomic E-state index is -0.449. The van der Waals surface area contributed by atoms with Crippen molar-refractivity contribution >= 4 is 22.8 Å². The standard InChI is InChI=1S/C26H25N5O2/c1-30-9-11-31(12-10-30)26(33)20-4-2-3-19(13-20)21-14-22-23(16-29-25(22)28-15-21)17-5-7-18(8-6-17)24(27)32/h2-8,13-16H,9-12H2,1H3,(H2,27,32)(H,28,29). The molecular formula is C26H25N5O2. The summed E-state index contributed by atoms with van der Waals surface area (Å²) in [5, 5.41) is 0.968. The van der Waals surface area contributed by atoms with E-state index in [1.54, 1.807) is 12.1 Å². The molecule has 166 valence electrons. The van der Waals surface area contributed by atoms with Gasteiger partial charge in [-0.05, 0) is 48.5 Å². The summed E-state index contributed by atoms with van der Waals surface area (Å²) in [6.07, 6.45) is 3.73. The highest BCUT2D eigenvalue weighted by Crippen LogP contribution is 2.31. The van der Waals surface area contributed by atoms with Crippen LogP contribution < -0.4 is 5.73 Å². The maximum Gasteiger partial charge on any atom is 0.253 e. The summed E-state index contributed by atoms with van der Waals surface area (Å²) in [6.45, 7) is 3.27. The van der Waals surface area contributed by atoms with Crippen LogP contribution in [0.15, 0.2) is 67.0 Å². The molecule has 1 aliphatic heterocycles. The number of likely N-dealkylation sites (N-methyl/N-ethyl adjacent to an activating group) is 1. The van der Waals surface area contributed by atoms with Gasteiger partial charge in [-0.25, -0.2) is 4.98 Å². The molecule has 1 saturated heterocycles. The van der Waals surface area contributed by atoms with Crippen LogP contribution in [-0.4, -0.2) is 64.8 Å². The molecule has 1 fully saturated rings. The molecule has 1 aliphatic rings. The van der Waals surface area contributed by atoms with Crippen molar-refractivity contribution < 1.29 is 9.59 Å². The SMILES string of the molecule is CN1CCN(C(=O)c2cccc(-c3cnc4[nH]cc(-c5ccc(C(N)=O)cc5)c4c3)c2)CC1. The lowest BCUT2D eigenvalue weighted by Crippen LogP contribution is -2.47. The summed E-state index contributed by atoms with van der Waals surface area (Å²) in [7, 11) is 2.08. The fraction of sp³-hybridized carbons (Fsp3) is 0.192. The van der Waals surface area contributed by atoms with E-state index in [1.165, 1.54) is 0 Å².